The molecule has 2 aromatic carbocycles. The molecule has 0 saturated carbocycles. The van der Waals surface area contributed by atoms with E-state index in [9.17, 15) is 4.79 Å². The molecule has 0 heterocycles. The Morgan fingerprint density at radius 1 is 1.04 bits per heavy atom. The smallest absolute Gasteiger partial charge is 0.185 e. The van der Waals surface area contributed by atoms with E-state index >= 15 is 0 Å². The lowest BCUT2D eigenvalue weighted by Crippen LogP contribution is -2.03. The van der Waals surface area contributed by atoms with E-state index in [-0.39, 0.29) is 5.78 Å². The second kappa shape index (κ2) is 7.56. The molecule has 3 rings (SSSR count). The van der Waals surface area contributed by atoms with Crippen LogP contribution >= 0.6 is 15.9 Å². The molecule has 0 saturated heterocycles. The molecule has 116 valence electrons. The van der Waals surface area contributed by atoms with Gasteiger partial charge in [-0.05, 0) is 42.0 Å². The molecule has 0 amide bonds. The minimum Gasteiger partial charge on any atom is -0.289 e. The highest BCUT2D eigenvalue weighted by Gasteiger charge is 2.12. The third-order valence-electron chi connectivity index (χ3n) is 4.11. The summed E-state index contributed by atoms with van der Waals surface area (Å²) in [6, 6.07) is 17.8. The fraction of sp³-hybridized carbons (Fsp3) is 0.190. The minimum atomic E-state index is 0.0403. The molecule has 1 aliphatic rings. The fourth-order valence-electron chi connectivity index (χ4n) is 2.75. The van der Waals surface area contributed by atoms with Gasteiger partial charge < -0.3 is 0 Å². The summed E-state index contributed by atoms with van der Waals surface area (Å²) in [5.74, 6) is 0.0403. The lowest BCUT2D eigenvalue weighted by atomic mass is 9.93. The molecule has 0 bridgehead atoms. The van der Waals surface area contributed by atoms with Crippen molar-refractivity contribution in [2.45, 2.75) is 24.1 Å². The lowest BCUT2D eigenvalue weighted by Gasteiger charge is -2.17. The van der Waals surface area contributed by atoms with E-state index in [0.717, 1.165) is 24.0 Å². The molecule has 1 atom stereocenters. The average Bonchev–Trinajstić information content (AvgIpc) is 2.61. The monoisotopic (exact) mass is 366 g/mol. The standard InChI is InChI=1S/C21H19BrO/c22-20-13-11-18(12-14-20)17-7-9-19(10-8-17)21(23)15-6-16-4-2-1-3-5-16/h1-11,15,20H,12-14H2/b15-6+/t20-/m1/s1. The fourth-order valence-corrected chi connectivity index (χ4v) is 3.16. The predicted molar refractivity (Wildman–Crippen MR) is 101 cm³/mol. The topological polar surface area (TPSA) is 17.1 Å². The van der Waals surface area contributed by atoms with Crippen LogP contribution in [-0.2, 0) is 0 Å². The number of carbonyl (C=O) groups excluding carboxylic acids is 1. The Morgan fingerprint density at radius 3 is 2.43 bits per heavy atom. The molecule has 0 aliphatic heterocycles. The van der Waals surface area contributed by atoms with Gasteiger partial charge in [0.2, 0.25) is 0 Å². The summed E-state index contributed by atoms with van der Waals surface area (Å²) in [7, 11) is 0. The zero-order valence-corrected chi connectivity index (χ0v) is 14.5. The Kier molecular flexibility index (Phi) is 5.24. The number of benzene rings is 2. The van der Waals surface area contributed by atoms with Crippen LogP contribution in [0.5, 0.6) is 0 Å². The van der Waals surface area contributed by atoms with Crippen molar-refractivity contribution in [1.82, 2.24) is 0 Å². The van der Waals surface area contributed by atoms with E-state index in [1.165, 1.54) is 17.6 Å². The highest BCUT2D eigenvalue weighted by atomic mass is 79.9. The molecule has 0 fully saturated rings. The molecule has 0 aromatic heterocycles. The number of ketones is 1. The SMILES string of the molecule is O=C(/C=C/c1ccccc1)c1ccc(C2=CC[C@@H](Br)CC2)cc1. The molecule has 0 N–H and O–H groups in total. The highest BCUT2D eigenvalue weighted by Crippen LogP contribution is 2.30. The third-order valence-corrected chi connectivity index (χ3v) is 4.95. The number of halogens is 1. The Hall–Kier alpha value is -1.93. The maximum absolute atomic E-state index is 12.2. The summed E-state index contributed by atoms with van der Waals surface area (Å²) in [5, 5.41) is 0. The van der Waals surface area contributed by atoms with Gasteiger partial charge in [0.25, 0.3) is 0 Å². The van der Waals surface area contributed by atoms with Gasteiger partial charge in [-0.15, -0.1) is 0 Å². The van der Waals surface area contributed by atoms with Gasteiger partial charge in [-0.1, -0.05) is 82.7 Å². The molecule has 2 aromatic rings. The van der Waals surface area contributed by atoms with Gasteiger partial charge in [0.05, 0.1) is 0 Å². The van der Waals surface area contributed by atoms with Crippen LogP contribution in [0.4, 0.5) is 0 Å². The van der Waals surface area contributed by atoms with Crippen LogP contribution in [0.15, 0.2) is 66.7 Å². The predicted octanol–water partition coefficient (Wildman–Crippen LogP) is 5.91. The average molecular weight is 367 g/mol. The van der Waals surface area contributed by atoms with E-state index in [2.05, 4.69) is 34.1 Å². The zero-order chi connectivity index (χ0) is 16.1. The van der Waals surface area contributed by atoms with E-state index in [1.54, 1.807) is 6.08 Å². The molecular weight excluding hydrogens is 348 g/mol. The second-order valence-corrected chi connectivity index (χ2v) is 7.08. The third kappa shape index (κ3) is 4.29. The van der Waals surface area contributed by atoms with Gasteiger partial charge in [0, 0.05) is 10.4 Å². The van der Waals surface area contributed by atoms with Gasteiger partial charge in [-0.3, -0.25) is 4.79 Å². The Labute approximate surface area is 145 Å². The molecular formula is C21H19BrO. The van der Waals surface area contributed by atoms with Gasteiger partial charge in [0.15, 0.2) is 5.78 Å². The summed E-state index contributed by atoms with van der Waals surface area (Å²) in [6.45, 7) is 0. The van der Waals surface area contributed by atoms with Gasteiger partial charge in [-0.2, -0.15) is 0 Å². The van der Waals surface area contributed by atoms with Crippen molar-refractivity contribution in [2.24, 2.45) is 0 Å². The maximum atomic E-state index is 12.2. The first kappa shape index (κ1) is 15.9. The minimum absolute atomic E-state index is 0.0403. The molecule has 0 spiro atoms. The first-order valence-corrected chi connectivity index (χ1v) is 8.85. The number of hydrogen-bond donors (Lipinski definition) is 0. The molecule has 23 heavy (non-hydrogen) atoms. The van der Waals surface area contributed by atoms with Crippen LogP contribution in [0.3, 0.4) is 0 Å². The van der Waals surface area contributed by atoms with E-state index in [1.807, 2.05) is 48.5 Å². The Morgan fingerprint density at radius 2 is 1.78 bits per heavy atom. The largest absolute Gasteiger partial charge is 0.289 e. The van der Waals surface area contributed by atoms with Crippen LogP contribution in [0.2, 0.25) is 0 Å². The molecule has 0 unspecified atom stereocenters. The Balaban J connectivity index is 1.69. The van der Waals surface area contributed by atoms with E-state index in [4.69, 9.17) is 0 Å². The van der Waals surface area contributed by atoms with Gasteiger partial charge in [0.1, 0.15) is 0 Å². The summed E-state index contributed by atoms with van der Waals surface area (Å²) in [5.41, 5.74) is 4.39. The summed E-state index contributed by atoms with van der Waals surface area (Å²) < 4.78 is 0. The van der Waals surface area contributed by atoms with Crippen LogP contribution in [-0.4, -0.2) is 10.6 Å². The normalized spacial score (nSPS) is 18.0. The van der Waals surface area contributed by atoms with Crippen molar-refractivity contribution >= 4 is 33.4 Å². The van der Waals surface area contributed by atoms with Crippen molar-refractivity contribution in [3.05, 3.63) is 83.4 Å². The van der Waals surface area contributed by atoms with Gasteiger partial charge >= 0.3 is 0 Å². The lowest BCUT2D eigenvalue weighted by molar-refractivity contribution is 0.104. The van der Waals surface area contributed by atoms with Crippen molar-refractivity contribution < 1.29 is 4.79 Å². The first-order chi connectivity index (χ1) is 11.2. The van der Waals surface area contributed by atoms with Crippen LogP contribution in [0.25, 0.3) is 11.6 Å². The summed E-state index contributed by atoms with van der Waals surface area (Å²) in [6.07, 6.45) is 9.14. The maximum Gasteiger partial charge on any atom is 0.185 e. The van der Waals surface area contributed by atoms with Crippen molar-refractivity contribution in [3.63, 3.8) is 0 Å². The summed E-state index contributed by atoms with van der Waals surface area (Å²) in [4.78, 5) is 12.8. The number of rotatable bonds is 4. The molecule has 0 radical (unpaired) electrons. The highest BCUT2D eigenvalue weighted by molar-refractivity contribution is 9.09. The molecule has 1 nitrogen and oxygen atoms in total. The van der Waals surface area contributed by atoms with Crippen molar-refractivity contribution in [1.29, 1.82) is 0 Å². The van der Waals surface area contributed by atoms with Crippen LogP contribution in [0, 0.1) is 0 Å². The van der Waals surface area contributed by atoms with Gasteiger partial charge in [-0.25, -0.2) is 0 Å². The molecule has 2 heteroatoms. The van der Waals surface area contributed by atoms with Crippen LogP contribution in [0.1, 0.15) is 40.7 Å². The van der Waals surface area contributed by atoms with E-state index < -0.39 is 0 Å². The zero-order valence-electron chi connectivity index (χ0n) is 12.9. The van der Waals surface area contributed by atoms with E-state index in [0.29, 0.717) is 4.83 Å². The first-order valence-electron chi connectivity index (χ1n) is 7.93. The second-order valence-electron chi connectivity index (χ2n) is 5.79. The van der Waals surface area contributed by atoms with Crippen molar-refractivity contribution in [3.8, 4) is 0 Å². The number of carbonyl (C=O) groups is 1. The van der Waals surface area contributed by atoms with Crippen LogP contribution < -0.4 is 0 Å². The Bertz CT molecular complexity index is 726. The molecule has 1 aliphatic carbocycles. The van der Waals surface area contributed by atoms with Crippen molar-refractivity contribution in [2.75, 3.05) is 0 Å². The number of alkyl halides is 1. The number of hydrogen-bond acceptors (Lipinski definition) is 1. The quantitative estimate of drug-likeness (QED) is 0.373. The number of allylic oxidation sites excluding steroid dienone is 3. The summed E-state index contributed by atoms with van der Waals surface area (Å²) >= 11 is 3.66.